The van der Waals surface area contributed by atoms with Crippen molar-refractivity contribution in [3.8, 4) is 11.4 Å². The number of aromatic nitrogens is 4. The van der Waals surface area contributed by atoms with Gasteiger partial charge in [0, 0.05) is 13.3 Å². The van der Waals surface area contributed by atoms with Crippen LogP contribution in [-0.2, 0) is 17.2 Å². The second-order valence-corrected chi connectivity index (χ2v) is 4.28. The van der Waals surface area contributed by atoms with E-state index in [1.54, 1.807) is 24.1 Å². The van der Waals surface area contributed by atoms with Crippen molar-refractivity contribution in [2.24, 2.45) is 0 Å². The van der Waals surface area contributed by atoms with E-state index in [1.165, 1.54) is 0 Å². The number of methoxy groups -OCH3 is 1. The first-order valence-corrected chi connectivity index (χ1v) is 6.25. The van der Waals surface area contributed by atoms with Crippen LogP contribution >= 0.6 is 23.2 Å². The van der Waals surface area contributed by atoms with Crippen LogP contribution in [0.4, 0.5) is 0 Å². The summed E-state index contributed by atoms with van der Waals surface area (Å²) in [5.74, 6) is 0.828. The lowest BCUT2D eigenvalue weighted by molar-refractivity contribution is 0.183. The van der Waals surface area contributed by atoms with Gasteiger partial charge >= 0.3 is 0 Å². The standard InChI is InChI=1S/C11H12Cl2N4O/c1-18-3-2-17-7-8(6-14-17)11-15-9(5-12)4-10(13)16-11/h4,6-7H,2-3,5H2,1H3. The Morgan fingerprint density at radius 2 is 2.22 bits per heavy atom. The summed E-state index contributed by atoms with van der Waals surface area (Å²) in [6, 6.07) is 1.65. The molecule has 7 heteroatoms. The molecule has 0 fully saturated rings. The topological polar surface area (TPSA) is 52.8 Å². The minimum atomic E-state index is 0.299. The van der Waals surface area contributed by atoms with E-state index >= 15 is 0 Å². The van der Waals surface area contributed by atoms with E-state index in [1.807, 2.05) is 6.20 Å². The van der Waals surface area contributed by atoms with Crippen LogP contribution in [0, 0.1) is 0 Å². The molecule has 0 saturated carbocycles. The fraction of sp³-hybridized carbons (Fsp3) is 0.364. The Balaban J connectivity index is 2.25. The molecule has 2 aromatic heterocycles. The van der Waals surface area contributed by atoms with Gasteiger partial charge in [0.05, 0.1) is 36.5 Å². The van der Waals surface area contributed by atoms with Crippen LogP contribution in [-0.4, -0.2) is 33.5 Å². The van der Waals surface area contributed by atoms with Gasteiger partial charge < -0.3 is 4.74 Å². The molecule has 96 valence electrons. The second kappa shape index (κ2) is 6.13. The van der Waals surface area contributed by atoms with Crippen molar-refractivity contribution in [2.45, 2.75) is 12.4 Å². The number of rotatable bonds is 5. The summed E-state index contributed by atoms with van der Waals surface area (Å²) < 4.78 is 6.75. The zero-order valence-electron chi connectivity index (χ0n) is 9.81. The van der Waals surface area contributed by atoms with Gasteiger partial charge in [0.2, 0.25) is 0 Å². The average molecular weight is 287 g/mol. The zero-order valence-corrected chi connectivity index (χ0v) is 11.3. The fourth-order valence-electron chi connectivity index (χ4n) is 1.45. The third-order valence-electron chi connectivity index (χ3n) is 2.30. The summed E-state index contributed by atoms with van der Waals surface area (Å²) in [4.78, 5) is 8.46. The Hall–Kier alpha value is -1.17. The molecule has 0 aromatic carbocycles. The van der Waals surface area contributed by atoms with Crippen LogP contribution in [0.15, 0.2) is 18.5 Å². The lowest BCUT2D eigenvalue weighted by Crippen LogP contribution is -2.03. The summed E-state index contributed by atoms with van der Waals surface area (Å²) in [6.45, 7) is 1.28. The molecule has 0 bridgehead atoms. The summed E-state index contributed by atoms with van der Waals surface area (Å²) in [5.41, 5.74) is 1.50. The van der Waals surface area contributed by atoms with Crippen molar-refractivity contribution in [2.75, 3.05) is 13.7 Å². The molecule has 0 aliphatic carbocycles. The fourth-order valence-corrected chi connectivity index (χ4v) is 1.79. The smallest absolute Gasteiger partial charge is 0.164 e. The number of halogens is 2. The number of hydrogen-bond acceptors (Lipinski definition) is 4. The molecule has 0 amide bonds. The summed E-state index contributed by atoms with van der Waals surface area (Å²) >= 11 is 11.7. The largest absolute Gasteiger partial charge is 0.383 e. The molecule has 2 heterocycles. The highest BCUT2D eigenvalue weighted by Gasteiger charge is 2.08. The SMILES string of the molecule is COCCn1cc(-c2nc(Cl)cc(CCl)n2)cn1. The Kier molecular flexibility index (Phi) is 4.52. The monoisotopic (exact) mass is 286 g/mol. The number of ether oxygens (including phenoxy) is 1. The minimum Gasteiger partial charge on any atom is -0.383 e. The molecule has 2 rings (SSSR count). The highest BCUT2D eigenvalue weighted by Crippen LogP contribution is 2.18. The van der Waals surface area contributed by atoms with Gasteiger partial charge in [-0.05, 0) is 6.07 Å². The van der Waals surface area contributed by atoms with E-state index in [-0.39, 0.29) is 0 Å². The van der Waals surface area contributed by atoms with Crippen molar-refractivity contribution in [3.63, 3.8) is 0 Å². The van der Waals surface area contributed by atoms with E-state index in [0.717, 1.165) is 5.56 Å². The molecule has 0 aliphatic heterocycles. The van der Waals surface area contributed by atoms with E-state index in [2.05, 4.69) is 15.1 Å². The Morgan fingerprint density at radius 1 is 1.39 bits per heavy atom. The van der Waals surface area contributed by atoms with Gasteiger partial charge in [0.25, 0.3) is 0 Å². The van der Waals surface area contributed by atoms with Gasteiger partial charge in [-0.25, -0.2) is 9.97 Å². The highest BCUT2D eigenvalue weighted by molar-refractivity contribution is 6.29. The number of alkyl halides is 1. The first-order chi connectivity index (χ1) is 8.72. The summed E-state index contributed by atoms with van der Waals surface area (Å²) in [7, 11) is 1.65. The van der Waals surface area contributed by atoms with Crippen LogP contribution in [0.1, 0.15) is 5.69 Å². The molecule has 0 unspecified atom stereocenters. The molecular weight excluding hydrogens is 275 g/mol. The molecule has 2 aromatic rings. The summed E-state index contributed by atoms with van der Waals surface area (Å²) in [6.07, 6.45) is 3.54. The Morgan fingerprint density at radius 3 is 2.94 bits per heavy atom. The van der Waals surface area contributed by atoms with Crippen LogP contribution in [0.3, 0.4) is 0 Å². The molecule has 0 N–H and O–H groups in total. The summed E-state index contributed by atoms with van der Waals surface area (Å²) in [5, 5.41) is 4.57. The maximum Gasteiger partial charge on any atom is 0.164 e. The van der Waals surface area contributed by atoms with Gasteiger partial charge in [-0.3, -0.25) is 4.68 Å². The molecule has 5 nitrogen and oxygen atoms in total. The van der Waals surface area contributed by atoms with Crippen LogP contribution in [0.5, 0.6) is 0 Å². The highest BCUT2D eigenvalue weighted by atomic mass is 35.5. The molecule has 0 radical (unpaired) electrons. The first kappa shape index (κ1) is 13.3. The zero-order chi connectivity index (χ0) is 13.0. The lowest BCUT2D eigenvalue weighted by Gasteiger charge is -2.01. The van der Waals surface area contributed by atoms with E-state index in [4.69, 9.17) is 27.9 Å². The van der Waals surface area contributed by atoms with Gasteiger partial charge in [0.15, 0.2) is 5.82 Å². The molecule has 0 saturated heterocycles. The van der Waals surface area contributed by atoms with Gasteiger partial charge in [-0.2, -0.15) is 5.10 Å². The Bertz CT molecular complexity index is 530. The molecule has 0 atom stereocenters. The second-order valence-electron chi connectivity index (χ2n) is 3.62. The van der Waals surface area contributed by atoms with Crippen LogP contribution in [0.2, 0.25) is 5.15 Å². The van der Waals surface area contributed by atoms with Crippen molar-refractivity contribution in [3.05, 3.63) is 29.3 Å². The molecule has 0 aliphatic rings. The average Bonchev–Trinajstić information content (AvgIpc) is 2.84. The predicted octanol–water partition coefficient (Wildman–Crippen LogP) is 2.38. The van der Waals surface area contributed by atoms with Crippen molar-refractivity contribution in [1.29, 1.82) is 0 Å². The third-order valence-corrected chi connectivity index (χ3v) is 2.77. The quantitative estimate of drug-likeness (QED) is 0.626. The van der Waals surface area contributed by atoms with Gasteiger partial charge in [0.1, 0.15) is 5.15 Å². The van der Waals surface area contributed by atoms with Gasteiger partial charge in [-0.15, -0.1) is 11.6 Å². The normalized spacial score (nSPS) is 10.8. The molecule has 18 heavy (non-hydrogen) atoms. The van der Waals surface area contributed by atoms with Gasteiger partial charge in [-0.1, -0.05) is 11.6 Å². The van der Waals surface area contributed by atoms with E-state index in [9.17, 15) is 0 Å². The third kappa shape index (κ3) is 3.19. The molecular formula is C11H12Cl2N4O. The maximum absolute atomic E-state index is 5.91. The predicted molar refractivity (Wildman–Crippen MR) is 69.7 cm³/mol. The minimum absolute atomic E-state index is 0.299. The van der Waals surface area contributed by atoms with Crippen molar-refractivity contribution >= 4 is 23.2 Å². The van der Waals surface area contributed by atoms with E-state index < -0.39 is 0 Å². The number of nitrogens with zero attached hydrogens (tertiary/aromatic N) is 4. The lowest BCUT2D eigenvalue weighted by atomic mass is 10.3. The van der Waals surface area contributed by atoms with Crippen LogP contribution < -0.4 is 0 Å². The van der Waals surface area contributed by atoms with E-state index in [0.29, 0.717) is 35.7 Å². The van der Waals surface area contributed by atoms with Crippen molar-refractivity contribution < 1.29 is 4.74 Å². The first-order valence-electron chi connectivity index (χ1n) is 5.34. The maximum atomic E-state index is 5.91. The van der Waals surface area contributed by atoms with Crippen molar-refractivity contribution in [1.82, 2.24) is 19.7 Å². The number of hydrogen-bond donors (Lipinski definition) is 0. The van der Waals surface area contributed by atoms with Crippen LogP contribution in [0.25, 0.3) is 11.4 Å². The molecule has 0 spiro atoms. The Labute approximate surface area is 115 Å².